The van der Waals surface area contributed by atoms with Crippen molar-refractivity contribution in [3.8, 4) is 11.3 Å². The van der Waals surface area contributed by atoms with Crippen molar-refractivity contribution in [2.45, 2.75) is 33.4 Å². The van der Waals surface area contributed by atoms with Crippen LogP contribution in [-0.2, 0) is 13.1 Å². The van der Waals surface area contributed by atoms with Gasteiger partial charge in [0.15, 0.2) is 0 Å². The molecular weight excluding hydrogens is 264 g/mol. The van der Waals surface area contributed by atoms with Crippen LogP contribution in [0.25, 0.3) is 11.3 Å². The molecule has 21 heavy (non-hydrogen) atoms. The van der Waals surface area contributed by atoms with E-state index in [4.69, 9.17) is 10.8 Å². The van der Waals surface area contributed by atoms with Crippen LogP contribution in [0, 0.1) is 13.8 Å². The number of benzene rings is 1. The molecule has 0 amide bonds. The van der Waals surface area contributed by atoms with Crippen molar-refractivity contribution in [1.29, 1.82) is 0 Å². The van der Waals surface area contributed by atoms with E-state index in [1.807, 2.05) is 44.2 Å². The molecule has 0 aliphatic heterocycles. The van der Waals surface area contributed by atoms with E-state index in [1.165, 1.54) is 5.56 Å². The maximum atomic E-state index is 12.6. The van der Waals surface area contributed by atoms with Crippen molar-refractivity contribution in [2.24, 2.45) is 5.73 Å². The van der Waals surface area contributed by atoms with Gasteiger partial charge < -0.3 is 15.4 Å². The van der Waals surface area contributed by atoms with E-state index in [0.29, 0.717) is 18.5 Å². The Morgan fingerprint density at radius 2 is 1.86 bits per heavy atom. The lowest BCUT2D eigenvalue weighted by atomic mass is 10.0. The number of aromatic nitrogens is 1. The average Bonchev–Trinajstić information content (AvgIpc) is 2.47. The largest absolute Gasteiger partial charge is 0.396 e. The Morgan fingerprint density at radius 1 is 1.19 bits per heavy atom. The minimum Gasteiger partial charge on any atom is -0.396 e. The molecule has 0 atom stereocenters. The lowest BCUT2D eigenvalue weighted by molar-refractivity contribution is 0.279. The van der Waals surface area contributed by atoms with E-state index in [0.717, 1.165) is 16.8 Å². The fourth-order valence-electron chi connectivity index (χ4n) is 2.47. The maximum Gasteiger partial charge on any atom is 0.255 e. The Morgan fingerprint density at radius 3 is 2.43 bits per heavy atom. The topological polar surface area (TPSA) is 68.2 Å². The minimum atomic E-state index is -0.0541. The molecule has 112 valence electrons. The van der Waals surface area contributed by atoms with Gasteiger partial charge in [0.25, 0.3) is 5.56 Å². The molecule has 2 rings (SSSR count). The Kier molecular flexibility index (Phi) is 4.94. The van der Waals surface area contributed by atoms with Gasteiger partial charge >= 0.3 is 0 Å². The van der Waals surface area contributed by atoms with Crippen molar-refractivity contribution in [2.75, 3.05) is 6.61 Å². The maximum absolute atomic E-state index is 12.6. The molecule has 3 N–H and O–H groups in total. The quantitative estimate of drug-likeness (QED) is 0.883. The zero-order valence-corrected chi connectivity index (χ0v) is 12.6. The van der Waals surface area contributed by atoms with Crippen LogP contribution in [-0.4, -0.2) is 16.3 Å². The lowest BCUT2D eigenvalue weighted by Gasteiger charge is -2.16. The zero-order chi connectivity index (χ0) is 15.4. The molecule has 0 saturated carbocycles. The van der Waals surface area contributed by atoms with Gasteiger partial charge in [-0.3, -0.25) is 4.79 Å². The first-order chi connectivity index (χ1) is 10.1. The molecule has 0 unspecified atom stereocenters. The van der Waals surface area contributed by atoms with Crippen molar-refractivity contribution >= 4 is 0 Å². The summed E-state index contributed by atoms with van der Waals surface area (Å²) in [5.74, 6) is 0. The van der Waals surface area contributed by atoms with Crippen LogP contribution in [0.5, 0.6) is 0 Å². The smallest absolute Gasteiger partial charge is 0.255 e. The van der Waals surface area contributed by atoms with Gasteiger partial charge in [0.1, 0.15) is 0 Å². The number of hydrogen-bond donors (Lipinski definition) is 2. The Bertz CT molecular complexity index is 672. The highest BCUT2D eigenvalue weighted by Gasteiger charge is 2.12. The SMILES string of the molecule is Cc1ccc(-c2cc(C)c(CN)c(=O)n2CCCO)cc1. The predicted molar refractivity (Wildman–Crippen MR) is 85.2 cm³/mol. The second-order valence-corrected chi connectivity index (χ2v) is 5.30. The van der Waals surface area contributed by atoms with Gasteiger partial charge in [-0.2, -0.15) is 0 Å². The van der Waals surface area contributed by atoms with Crippen LogP contribution in [0.1, 0.15) is 23.1 Å². The summed E-state index contributed by atoms with van der Waals surface area (Å²) >= 11 is 0. The normalized spacial score (nSPS) is 10.9. The summed E-state index contributed by atoms with van der Waals surface area (Å²) in [6.07, 6.45) is 0.547. The van der Waals surface area contributed by atoms with Gasteiger partial charge in [-0.05, 0) is 37.5 Å². The van der Waals surface area contributed by atoms with E-state index in [2.05, 4.69) is 0 Å². The average molecular weight is 286 g/mol. The monoisotopic (exact) mass is 286 g/mol. The molecule has 0 bridgehead atoms. The Balaban J connectivity index is 2.63. The van der Waals surface area contributed by atoms with Crippen molar-refractivity contribution in [3.05, 3.63) is 57.4 Å². The summed E-state index contributed by atoms with van der Waals surface area (Å²) in [6, 6.07) is 10.1. The number of aryl methyl sites for hydroxylation is 2. The second-order valence-electron chi connectivity index (χ2n) is 5.30. The van der Waals surface area contributed by atoms with Gasteiger partial charge in [0.05, 0.1) is 5.69 Å². The standard InChI is InChI=1S/C17H22N2O2/c1-12-4-6-14(7-5-12)16-10-13(2)15(11-18)17(21)19(16)8-3-9-20/h4-7,10,20H,3,8-9,11,18H2,1-2H3. The van der Waals surface area contributed by atoms with Gasteiger partial charge in [0.2, 0.25) is 0 Å². The summed E-state index contributed by atoms with van der Waals surface area (Å²) in [5.41, 5.74) is 10.3. The molecule has 4 nitrogen and oxygen atoms in total. The molecule has 2 aromatic rings. The molecule has 0 fully saturated rings. The van der Waals surface area contributed by atoms with E-state index < -0.39 is 0 Å². The minimum absolute atomic E-state index is 0.0541. The molecule has 4 heteroatoms. The van der Waals surface area contributed by atoms with Crippen LogP contribution in [0.3, 0.4) is 0 Å². The highest BCUT2D eigenvalue weighted by atomic mass is 16.3. The highest BCUT2D eigenvalue weighted by molar-refractivity contribution is 5.61. The van der Waals surface area contributed by atoms with Crippen LogP contribution in [0.2, 0.25) is 0 Å². The number of aliphatic hydroxyl groups excluding tert-OH is 1. The molecule has 1 heterocycles. The van der Waals surface area contributed by atoms with Gasteiger partial charge in [-0.25, -0.2) is 0 Å². The third-order valence-electron chi connectivity index (χ3n) is 3.71. The van der Waals surface area contributed by atoms with Crippen molar-refractivity contribution in [1.82, 2.24) is 4.57 Å². The van der Waals surface area contributed by atoms with Gasteiger partial charge in [-0.15, -0.1) is 0 Å². The molecule has 0 aliphatic carbocycles. The highest BCUT2D eigenvalue weighted by Crippen LogP contribution is 2.21. The van der Waals surface area contributed by atoms with Gasteiger partial charge in [0, 0.05) is 25.3 Å². The predicted octanol–water partition coefficient (Wildman–Crippen LogP) is 1.97. The number of nitrogens with two attached hydrogens (primary N) is 1. The molecule has 1 aromatic carbocycles. The van der Waals surface area contributed by atoms with Crippen molar-refractivity contribution in [3.63, 3.8) is 0 Å². The number of hydrogen-bond acceptors (Lipinski definition) is 3. The summed E-state index contributed by atoms with van der Waals surface area (Å²) in [5, 5.41) is 9.06. The zero-order valence-electron chi connectivity index (χ0n) is 12.6. The summed E-state index contributed by atoms with van der Waals surface area (Å²) in [4.78, 5) is 12.6. The Hall–Kier alpha value is -1.91. The number of rotatable bonds is 5. The third kappa shape index (κ3) is 3.23. The van der Waals surface area contributed by atoms with Gasteiger partial charge in [-0.1, -0.05) is 29.8 Å². The summed E-state index contributed by atoms with van der Waals surface area (Å²) in [6.45, 7) is 4.73. The van der Waals surface area contributed by atoms with E-state index in [9.17, 15) is 4.79 Å². The van der Waals surface area contributed by atoms with E-state index >= 15 is 0 Å². The summed E-state index contributed by atoms with van der Waals surface area (Å²) < 4.78 is 1.72. The Labute approximate surface area is 124 Å². The second kappa shape index (κ2) is 6.70. The molecule has 1 aromatic heterocycles. The number of aliphatic hydroxyl groups is 1. The first-order valence-corrected chi connectivity index (χ1v) is 7.19. The van der Waals surface area contributed by atoms with Crippen LogP contribution in [0.15, 0.2) is 35.1 Å². The number of nitrogens with zero attached hydrogens (tertiary/aromatic N) is 1. The molecule has 0 radical (unpaired) electrons. The first-order valence-electron chi connectivity index (χ1n) is 7.19. The lowest BCUT2D eigenvalue weighted by Crippen LogP contribution is -2.28. The van der Waals surface area contributed by atoms with Crippen LogP contribution in [0.4, 0.5) is 0 Å². The van der Waals surface area contributed by atoms with E-state index in [-0.39, 0.29) is 18.7 Å². The fraction of sp³-hybridized carbons (Fsp3) is 0.353. The van der Waals surface area contributed by atoms with Crippen LogP contribution < -0.4 is 11.3 Å². The third-order valence-corrected chi connectivity index (χ3v) is 3.71. The molecule has 0 saturated heterocycles. The summed E-state index contributed by atoms with van der Waals surface area (Å²) in [7, 11) is 0. The molecule has 0 aliphatic rings. The first kappa shape index (κ1) is 15.5. The van der Waals surface area contributed by atoms with E-state index in [1.54, 1.807) is 4.57 Å². The fourth-order valence-corrected chi connectivity index (χ4v) is 2.47. The molecular formula is C17H22N2O2. The molecule has 0 spiro atoms. The van der Waals surface area contributed by atoms with Crippen molar-refractivity contribution < 1.29 is 5.11 Å². The van der Waals surface area contributed by atoms with Crippen LogP contribution >= 0.6 is 0 Å². The number of pyridine rings is 1.